The van der Waals surface area contributed by atoms with Crippen LogP contribution in [-0.2, 0) is 20.0 Å². The van der Waals surface area contributed by atoms with E-state index in [2.05, 4.69) is 43.0 Å². The standard InChI is InChI=1S/C19H24N8OS/c1-3-17-20-16(13-29-17)12-26-7-9-27(10-8-26)19(28)21-15-6-4-5-14(11-15)18-22-23-24-25(18)2/h4-6,11,13H,3,7-10,12H2,1-2H3,(H,21,28). The second kappa shape index (κ2) is 8.66. The Morgan fingerprint density at radius 3 is 2.76 bits per heavy atom. The first-order valence-electron chi connectivity index (χ1n) is 9.66. The van der Waals surface area contributed by atoms with Crippen molar-refractivity contribution in [2.45, 2.75) is 19.9 Å². The van der Waals surface area contributed by atoms with E-state index in [0.717, 1.165) is 43.0 Å². The van der Waals surface area contributed by atoms with Gasteiger partial charge in [0, 0.05) is 56.4 Å². The molecule has 2 amide bonds. The lowest BCUT2D eigenvalue weighted by atomic mass is 10.2. The maximum atomic E-state index is 12.7. The van der Waals surface area contributed by atoms with Crippen molar-refractivity contribution in [3.63, 3.8) is 0 Å². The van der Waals surface area contributed by atoms with E-state index in [9.17, 15) is 4.79 Å². The third kappa shape index (κ3) is 4.60. The Balaban J connectivity index is 1.31. The van der Waals surface area contributed by atoms with Gasteiger partial charge in [0.05, 0.1) is 10.7 Å². The minimum atomic E-state index is -0.0835. The van der Waals surface area contributed by atoms with Gasteiger partial charge in [-0.25, -0.2) is 14.5 Å². The Hall–Kier alpha value is -2.85. The molecular formula is C19H24N8OS. The number of piperazine rings is 1. The van der Waals surface area contributed by atoms with Crippen molar-refractivity contribution in [1.29, 1.82) is 0 Å². The number of thiazole rings is 1. The first kappa shape index (κ1) is 19.5. The molecule has 29 heavy (non-hydrogen) atoms. The molecule has 0 atom stereocenters. The van der Waals surface area contributed by atoms with Crippen molar-refractivity contribution in [2.75, 3.05) is 31.5 Å². The average Bonchev–Trinajstić information content (AvgIpc) is 3.37. The van der Waals surface area contributed by atoms with E-state index in [-0.39, 0.29) is 6.03 Å². The topological polar surface area (TPSA) is 92.1 Å². The summed E-state index contributed by atoms with van der Waals surface area (Å²) in [4.78, 5) is 21.5. The van der Waals surface area contributed by atoms with Gasteiger partial charge in [0.15, 0.2) is 5.82 Å². The average molecular weight is 413 g/mol. The van der Waals surface area contributed by atoms with Crippen LogP contribution in [0, 0.1) is 0 Å². The lowest BCUT2D eigenvalue weighted by Crippen LogP contribution is -2.49. The molecule has 0 spiro atoms. The van der Waals surface area contributed by atoms with Gasteiger partial charge in [-0.2, -0.15) is 0 Å². The second-order valence-corrected chi connectivity index (χ2v) is 7.93. The number of anilines is 1. The first-order valence-corrected chi connectivity index (χ1v) is 10.5. The van der Waals surface area contributed by atoms with Crippen LogP contribution in [0.15, 0.2) is 29.6 Å². The molecule has 152 valence electrons. The number of rotatable bonds is 5. The Kier molecular flexibility index (Phi) is 5.81. The van der Waals surface area contributed by atoms with Gasteiger partial charge in [-0.3, -0.25) is 4.90 Å². The molecule has 0 saturated carbocycles. The Morgan fingerprint density at radius 2 is 2.07 bits per heavy atom. The van der Waals surface area contributed by atoms with Crippen molar-refractivity contribution in [1.82, 2.24) is 35.0 Å². The van der Waals surface area contributed by atoms with Gasteiger partial charge in [-0.15, -0.1) is 16.4 Å². The third-order valence-corrected chi connectivity index (χ3v) is 5.98. The summed E-state index contributed by atoms with van der Waals surface area (Å²) in [6.07, 6.45) is 0.979. The van der Waals surface area contributed by atoms with Gasteiger partial charge in [-0.1, -0.05) is 19.1 Å². The van der Waals surface area contributed by atoms with Gasteiger partial charge >= 0.3 is 6.03 Å². The molecule has 1 aromatic carbocycles. The van der Waals surface area contributed by atoms with E-state index < -0.39 is 0 Å². The number of carbonyl (C=O) groups excluding carboxylic acids is 1. The van der Waals surface area contributed by atoms with E-state index >= 15 is 0 Å². The van der Waals surface area contributed by atoms with Crippen molar-refractivity contribution in [2.24, 2.45) is 7.05 Å². The fraction of sp³-hybridized carbons (Fsp3) is 0.421. The third-order valence-electron chi connectivity index (χ3n) is 4.94. The van der Waals surface area contributed by atoms with Crippen molar-refractivity contribution in [3.05, 3.63) is 40.3 Å². The molecule has 1 aliphatic heterocycles. The van der Waals surface area contributed by atoms with Crippen LogP contribution in [0.1, 0.15) is 17.6 Å². The zero-order chi connectivity index (χ0) is 20.2. The summed E-state index contributed by atoms with van der Waals surface area (Å²) in [6, 6.07) is 7.47. The minimum Gasteiger partial charge on any atom is -0.322 e. The monoisotopic (exact) mass is 412 g/mol. The van der Waals surface area contributed by atoms with E-state index in [0.29, 0.717) is 18.9 Å². The number of nitrogens with zero attached hydrogens (tertiary/aromatic N) is 7. The maximum Gasteiger partial charge on any atom is 0.321 e. The van der Waals surface area contributed by atoms with E-state index in [1.54, 1.807) is 23.1 Å². The normalized spacial score (nSPS) is 14.9. The SMILES string of the molecule is CCc1nc(CN2CCN(C(=O)Nc3cccc(-c4nnnn4C)c3)CC2)cs1. The molecule has 9 nitrogen and oxygen atoms in total. The first-order chi connectivity index (χ1) is 14.1. The Labute approximate surface area is 173 Å². The molecule has 0 unspecified atom stereocenters. The number of tetrazole rings is 1. The van der Waals surface area contributed by atoms with Crippen LogP contribution in [0.4, 0.5) is 10.5 Å². The van der Waals surface area contributed by atoms with Crippen molar-refractivity contribution >= 4 is 23.1 Å². The van der Waals surface area contributed by atoms with Gasteiger partial charge in [0.2, 0.25) is 0 Å². The highest BCUT2D eigenvalue weighted by Crippen LogP contribution is 2.20. The molecule has 3 heterocycles. The van der Waals surface area contributed by atoms with Crippen LogP contribution in [-0.4, -0.2) is 67.2 Å². The number of nitrogens with one attached hydrogen (secondary N) is 1. The zero-order valence-electron chi connectivity index (χ0n) is 16.6. The highest BCUT2D eigenvalue weighted by molar-refractivity contribution is 7.09. The van der Waals surface area contributed by atoms with Gasteiger partial charge in [0.1, 0.15) is 0 Å². The summed E-state index contributed by atoms with van der Waals surface area (Å²) in [7, 11) is 1.79. The molecular weight excluding hydrogens is 388 g/mol. The molecule has 3 aromatic rings. The van der Waals surface area contributed by atoms with Crippen LogP contribution >= 0.6 is 11.3 Å². The van der Waals surface area contributed by atoms with Crippen molar-refractivity contribution in [3.8, 4) is 11.4 Å². The number of carbonyl (C=O) groups is 1. The highest BCUT2D eigenvalue weighted by Gasteiger charge is 2.22. The zero-order valence-corrected chi connectivity index (χ0v) is 17.4. The molecule has 0 radical (unpaired) electrons. The van der Waals surface area contributed by atoms with Gasteiger partial charge < -0.3 is 10.2 Å². The summed E-state index contributed by atoms with van der Waals surface area (Å²) in [6.45, 7) is 6.06. The predicted octanol–water partition coefficient (Wildman–Crippen LogP) is 2.25. The number of hydrogen-bond donors (Lipinski definition) is 1. The molecule has 4 rings (SSSR count). The molecule has 0 bridgehead atoms. The van der Waals surface area contributed by atoms with Crippen LogP contribution in [0.3, 0.4) is 0 Å². The highest BCUT2D eigenvalue weighted by atomic mass is 32.1. The van der Waals surface area contributed by atoms with Crippen LogP contribution < -0.4 is 5.32 Å². The Bertz CT molecular complexity index is 976. The quantitative estimate of drug-likeness (QED) is 0.691. The fourth-order valence-electron chi connectivity index (χ4n) is 3.33. The summed E-state index contributed by atoms with van der Waals surface area (Å²) >= 11 is 1.72. The van der Waals surface area contributed by atoms with Crippen LogP contribution in [0.25, 0.3) is 11.4 Å². The fourth-order valence-corrected chi connectivity index (χ4v) is 4.07. The molecule has 2 aromatic heterocycles. The molecule has 0 aliphatic carbocycles. The van der Waals surface area contributed by atoms with E-state index in [4.69, 9.17) is 0 Å². The number of aromatic nitrogens is 5. The summed E-state index contributed by atoms with van der Waals surface area (Å²) in [5.41, 5.74) is 2.71. The number of urea groups is 1. The predicted molar refractivity (Wildman–Crippen MR) is 112 cm³/mol. The van der Waals surface area contributed by atoms with Crippen LogP contribution in [0.5, 0.6) is 0 Å². The smallest absolute Gasteiger partial charge is 0.321 e. The number of aryl methyl sites for hydroxylation is 2. The molecule has 1 saturated heterocycles. The number of amides is 2. The molecule has 10 heteroatoms. The van der Waals surface area contributed by atoms with Crippen molar-refractivity contribution < 1.29 is 4.79 Å². The van der Waals surface area contributed by atoms with Crippen LogP contribution in [0.2, 0.25) is 0 Å². The lowest BCUT2D eigenvalue weighted by Gasteiger charge is -2.34. The summed E-state index contributed by atoms with van der Waals surface area (Å²) < 4.78 is 1.60. The maximum absolute atomic E-state index is 12.7. The van der Waals surface area contributed by atoms with E-state index in [1.807, 2.05) is 29.2 Å². The minimum absolute atomic E-state index is 0.0835. The van der Waals surface area contributed by atoms with Gasteiger partial charge in [-0.05, 0) is 29.0 Å². The molecule has 1 fully saturated rings. The molecule has 1 aliphatic rings. The second-order valence-electron chi connectivity index (χ2n) is 6.99. The Morgan fingerprint density at radius 1 is 1.24 bits per heavy atom. The summed E-state index contributed by atoms with van der Waals surface area (Å²) in [5.74, 6) is 0.656. The summed E-state index contributed by atoms with van der Waals surface area (Å²) in [5, 5.41) is 17.8. The molecule has 1 N–H and O–H groups in total. The van der Waals surface area contributed by atoms with Gasteiger partial charge in [0.25, 0.3) is 0 Å². The van der Waals surface area contributed by atoms with E-state index in [1.165, 1.54) is 5.01 Å². The largest absolute Gasteiger partial charge is 0.322 e. The lowest BCUT2D eigenvalue weighted by molar-refractivity contribution is 0.142. The number of benzene rings is 1. The number of hydrogen-bond acceptors (Lipinski definition) is 7.